The molecule has 0 saturated heterocycles. The normalized spacial score (nSPS) is 10.7. The van der Waals surface area contributed by atoms with Crippen molar-refractivity contribution < 1.29 is 4.79 Å². The van der Waals surface area contributed by atoms with Gasteiger partial charge in [-0.2, -0.15) is 0 Å². The predicted octanol–water partition coefficient (Wildman–Crippen LogP) is 1.96. The van der Waals surface area contributed by atoms with Crippen LogP contribution in [0.1, 0.15) is 30.5 Å². The highest BCUT2D eigenvalue weighted by molar-refractivity contribution is 5.78. The molecule has 100 valence electrons. The molecule has 0 radical (unpaired) electrons. The van der Waals surface area contributed by atoms with Gasteiger partial charge in [-0.25, -0.2) is 0 Å². The fourth-order valence-corrected chi connectivity index (χ4v) is 1.77. The zero-order valence-corrected chi connectivity index (χ0v) is 11.8. The molecule has 0 aromatic heterocycles. The first-order chi connectivity index (χ1) is 8.49. The standard InChI is InChI=1S/C15H24N2O/c1-11(2)17-10-15(18)16-8-7-14-9-12(3)5-6-13(14)4/h5-6,9,11,17H,7-8,10H2,1-4H3,(H,16,18). The number of hydrogen-bond donors (Lipinski definition) is 2. The van der Waals surface area contributed by atoms with Gasteiger partial charge in [0.05, 0.1) is 6.54 Å². The van der Waals surface area contributed by atoms with Crippen molar-refractivity contribution in [1.82, 2.24) is 10.6 Å². The lowest BCUT2D eigenvalue weighted by Gasteiger charge is -2.10. The lowest BCUT2D eigenvalue weighted by molar-refractivity contribution is -0.120. The Bertz CT molecular complexity index is 399. The minimum Gasteiger partial charge on any atom is -0.355 e. The minimum atomic E-state index is 0.0639. The van der Waals surface area contributed by atoms with E-state index in [-0.39, 0.29) is 5.91 Å². The van der Waals surface area contributed by atoms with E-state index in [2.05, 4.69) is 42.7 Å². The number of amides is 1. The Labute approximate surface area is 110 Å². The molecule has 2 N–H and O–H groups in total. The number of carbonyl (C=O) groups excluding carboxylic acids is 1. The number of rotatable bonds is 6. The van der Waals surface area contributed by atoms with E-state index in [4.69, 9.17) is 0 Å². The molecule has 1 aromatic carbocycles. The summed E-state index contributed by atoms with van der Waals surface area (Å²) in [5.41, 5.74) is 3.87. The zero-order valence-electron chi connectivity index (χ0n) is 11.8. The lowest BCUT2D eigenvalue weighted by Crippen LogP contribution is -2.37. The minimum absolute atomic E-state index is 0.0639. The summed E-state index contributed by atoms with van der Waals surface area (Å²) in [5, 5.41) is 6.03. The van der Waals surface area contributed by atoms with Crippen LogP contribution < -0.4 is 10.6 Å². The third kappa shape index (κ3) is 5.32. The van der Waals surface area contributed by atoms with Crippen LogP contribution in [0.15, 0.2) is 18.2 Å². The zero-order chi connectivity index (χ0) is 13.5. The third-order valence-electron chi connectivity index (χ3n) is 2.89. The highest BCUT2D eigenvalue weighted by Crippen LogP contribution is 2.10. The third-order valence-corrected chi connectivity index (χ3v) is 2.89. The maximum Gasteiger partial charge on any atom is 0.233 e. The molecule has 0 aliphatic rings. The van der Waals surface area contributed by atoms with Crippen molar-refractivity contribution in [2.75, 3.05) is 13.1 Å². The first-order valence-corrected chi connectivity index (χ1v) is 6.55. The van der Waals surface area contributed by atoms with Gasteiger partial charge in [-0.05, 0) is 31.4 Å². The topological polar surface area (TPSA) is 41.1 Å². The molecule has 1 amide bonds. The Kier molecular flexibility index (Phi) is 5.86. The first kappa shape index (κ1) is 14.7. The van der Waals surface area contributed by atoms with E-state index in [1.807, 2.05) is 13.8 Å². The van der Waals surface area contributed by atoms with Crippen LogP contribution in [0.4, 0.5) is 0 Å². The molecule has 3 nitrogen and oxygen atoms in total. The van der Waals surface area contributed by atoms with Crippen molar-refractivity contribution in [3.05, 3.63) is 34.9 Å². The maximum atomic E-state index is 11.5. The van der Waals surface area contributed by atoms with E-state index in [9.17, 15) is 4.79 Å². The van der Waals surface area contributed by atoms with Gasteiger partial charge in [0.2, 0.25) is 5.91 Å². The monoisotopic (exact) mass is 248 g/mol. The fourth-order valence-electron chi connectivity index (χ4n) is 1.77. The molecule has 1 aromatic rings. The van der Waals surface area contributed by atoms with E-state index in [1.165, 1.54) is 16.7 Å². The maximum absolute atomic E-state index is 11.5. The van der Waals surface area contributed by atoms with Crippen LogP contribution in [0.25, 0.3) is 0 Å². The molecule has 0 atom stereocenters. The van der Waals surface area contributed by atoms with Crippen molar-refractivity contribution in [3.63, 3.8) is 0 Å². The van der Waals surface area contributed by atoms with E-state index in [0.717, 1.165) is 6.42 Å². The summed E-state index contributed by atoms with van der Waals surface area (Å²) in [6, 6.07) is 6.78. The van der Waals surface area contributed by atoms with Gasteiger partial charge in [-0.15, -0.1) is 0 Å². The largest absolute Gasteiger partial charge is 0.355 e. The number of carbonyl (C=O) groups is 1. The number of aryl methyl sites for hydroxylation is 2. The predicted molar refractivity (Wildman–Crippen MR) is 75.8 cm³/mol. The van der Waals surface area contributed by atoms with Gasteiger partial charge in [0.15, 0.2) is 0 Å². The second-order valence-corrected chi connectivity index (χ2v) is 5.07. The average molecular weight is 248 g/mol. The van der Waals surface area contributed by atoms with Crippen LogP contribution >= 0.6 is 0 Å². The van der Waals surface area contributed by atoms with Crippen molar-refractivity contribution in [1.29, 1.82) is 0 Å². The van der Waals surface area contributed by atoms with E-state index >= 15 is 0 Å². The number of hydrogen-bond acceptors (Lipinski definition) is 2. The summed E-state index contributed by atoms with van der Waals surface area (Å²) in [4.78, 5) is 11.5. The molecule has 0 aliphatic heterocycles. The Morgan fingerprint density at radius 3 is 2.67 bits per heavy atom. The molecule has 0 saturated carbocycles. The fraction of sp³-hybridized carbons (Fsp3) is 0.533. The van der Waals surface area contributed by atoms with Gasteiger partial charge in [-0.3, -0.25) is 4.79 Å². The molecular formula is C15H24N2O. The highest BCUT2D eigenvalue weighted by Gasteiger charge is 2.03. The van der Waals surface area contributed by atoms with Gasteiger partial charge >= 0.3 is 0 Å². The summed E-state index contributed by atoms with van der Waals surface area (Å²) >= 11 is 0. The lowest BCUT2D eigenvalue weighted by atomic mass is 10.0. The molecule has 3 heteroatoms. The van der Waals surface area contributed by atoms with Crippen molar-refractivity contribution in [2.24, 2.45) is 0 Å². The van der Waals surface area contributed by atoms with Gasteiger partial charge < -0.3 is 10.6 Å². The van der Waals surface area contributed by atoms with E-state index in [1.54, 1.807) is 0 Å². The second kappa shape index (κ2) is 7.17. The van der Waals surface area contributed by atoms with Crippen LogP contribution in [-0.4, -0.2) is 25.0 Å². The summed E-state index contributed by atoms with van der Waals surface area (Å²) in [6.45, 7) is 9.35. The summed E-state index contributed by atoms with van der Waals surface area (Å²) < 4.78 is 0. The van der Waals surface area contributed by atoms with Gasteiger partial charge in [0.25, 0.3) is 0 Å². The second-order valence-electron chi connectivity index (χ2n) is 5.07. The number of benzene rings is 1. The summed E-state index contributed by atoms with van der Waals surface area (Å²) in [6.07, 6.45) is 0.890. The molecule has 0 aliphatic carbocycles. The average Bonchev–Trinajstić information content (AvgIpc) is 2.31. The molecule has 18 heavy (non-hydrogen) atoms. The molecular weight excluding hydrogens is 224 g/mol. The van der Waals surface area contributed by atoms with Crippen LogP contribution in [-0.2, 0) is 11.2 Å². The summed E-state index contributed by atoms with van der Waals surface area (Å²) in [7, 11) is 0. The molecule has 1 rings (SSSR count). The first-order valence-electron chi connectivity index (χ1n) is 6.55. The molecule has 0 bridgehead atoms. The van der Waals surface area contributed by atoms with Crippen molar-refractivity contribution in [2.45, 2.75) is 40.2 Å². The Morgan fingerprint density at radius 1 is 1.28 bits per heavy atom. The van der Waals surface area contributed by atoms with Crippen molar-refractivity contribution >= 4 is 5.91 Å². The van der Waals surface area contributed by atoms with Crippen molar-refractivity contribution in [3.8, 4) is 0 Å². The van der Waals surface area contributed by atoms with Crippen LogP contribution in [0.3, 0.4) is 0 Å². The van der Waals surface area contributed by atoms with Gasteiger partial charge in [0.1, 0.15) is 0 Å². The molecule has 0 unspecified atom stereocenters. The summed E-state index contributed by atoms with van der Waals surface area (Å²) in [5.74, 6) is 0.0639. The quantitative estimate of drug-likeness (QED) is 0.808. The number of nitrogens with one attached hydrogen (secondary N) is 2. The highest BCUT2D eigenvalue weighted by atomic mass is 16.1. The SMILES string of the molecule is Cc1ccc(C)c(CCNC(=O)CNC(C)C)c1. The van der Waals surface area contributed by atoms with E-state index < -0.39 is 0 Å². The Morgan fingerprint density at radius 2 is 2.00 bits per heavy atom. The van der Waals surface area contributed by atoms with Crippen LogP contribution in [0.2, 0.25) is 0 Å². The molecule has 0 fully saturated rings. The van der Waals surface area contributed by atoms with Crippen LogP contribution in [0.5, 0.6) is 0 Å². The molecule has 0 spiro atoms. The molecule has 0 heterocycles. The smallest absolute Gasteiger partial charge is 0.233 e. The van der Waals surface area contributed by atoms with Gasteiger partial charge in [-0.1, -0.05) is 37.6 Å². The van der Waals surface area contributed by atoms with E-state index in [0.29, 0.717) is 19.1 Å². The van der Waals surface area contributed by atoms with Crippen LogP contribution in [0, 0.1) is 13.8 Å². The Balaban J connectivity index is 2.33. The van der Waals surface area contributed by atoms with Gasteiger partial charge in [0, 0.05) is 12.6 Å². The Hall–Kier alpha value is -1.35.